The van der Waals surface area contributed by atoms with Crippen LogP contribution in [0.15, 0.2) is 0 Å². The fourth-order valence-corrected chi connectivity index (χ4v) is 0. The Hall–Kier alpha value is 1.26. The first kappa shape index (κ1) is 24.0. The van der Waals surface area contributed by atoms with E-state index in [1.54, 1.807) is 0 Å². The summed E-state index contributed by atoms with van der Waals surface area (Å²) in [5.74, 6) is 0. The minimum absolute atomic E-state index is 0. The molecule has 0 aliphatic carbocycles. The minimum atomic E-state index is -1.83. The van der Waals surface area contributed by atoms with Gasteiger partial charge in [0.15, 0.2) is 0 Å². The fraction of sp³-hybridized carbons (Fsp3) is 0. The predicted octanol–water partition coefficient (Wildman–Crippen LogP) is -1.36. The minimum Gasteiger partial charge on any atom is -0.450 e. The molecule has 0 saturated carbocycles. The van der Waals surface area contributed by atoms with Gasteiger partial charge in [-0.3, -0.25) is 0 Å². The van der Waals surface area contributed by atoms with Gasteiger partial charge in [-0.05, 0) is 0 Å². The summed E-state index contributed by atoms with van der Waals surface area (Å²) in [6, 6.07) is 0. The van der Waals surface area contributed by atoms with Crippen LogP contribution in [-0.2, 0) is 0 Å². The first-order valence-electron chi connectivity index (χ1n) is 0.651. The zero-order valence-electron chi connectivity index (χ0n) is 3.72. The molecule has 4 nitrogen and oxygen atoms in total. The predicted molar refractivity (Wildman–Crippen MR) is 25.8 cm³/mol. The van der Waals surface area contributed by atoms with Crippen molar-refractivity contribution in [3.63, 3.8) is 0 Å². The van der Waals surface area contributed by atoms with Crippen molar-refractivity contribution in [3.05, 3.63) is 0 Å². The van der Waals surface area contributed by atoms with E-state index in [4.69, 9.17) is 15.0 Å². The number of hydrogen-bond acceptors (Lipinski definition) is 1. The Balaban J connectivity index is -0.0000000150. The number of carbonyl (C=O) groups is 1. The van der Waals surface area contributed by atoms with Crippen molar-refractivity contribution in [1.29, 1.82) is 0 Å². The summed E-state index contributed by atoms with van der Waals surface area (Å²) in [7, 11) is 0. The Kier molecular flexibility index (Phi) is 53.7. The van der Waals surface area contributed by atoms with Gasteiger partial charge in [0.25, 0.3) is 0 Å². The van der Waals surface area contributed by atoms with Crippen LogP contribution in [0.5, 0.6) is 0 Å². The molecule has 0 spiro atoms. The van der Waals surface area contributed by atoms with Crippen LogP contribution < -0.4 is 0 Å². The van der Waals surface area contributed by atoms with Crippen molar-refractivity contribution < 1.29 is 20.5 Å². The monoisotopic (exact) mass is 144 g/mol. The quantitative estimate of drug-likeness (QED) is 0.411. The third-order valence-electron chi connectivity index (χ3n) is 0. The van der Waals surface area contributed by atoms with Gasteiger partial charge in [-0.15, -0.1) is 0 Å². The van der Waals surface area contributed by atoms with Crippen molar-refractivity contribution >= 4 is 66.9 Å². The molecule has 32 valence electrons. The zero-order chi connectivity index (χ0) is 3.58. The van der Waals surface area contributed by atoms with E-state index in [0.29, 0.717) is 0 Å². The van der Waals surface area contributed by atoms with Crippen molar-refractivity contribution in [2.24, 2.45) is 0 Å². The molecule has 0 aliphatic rings. The summed E-state index contributed by atoms with van der Waals surface area (Å²) >= 11 is 0. The second-order valence-corrected chi connectivity index (χ2v) is 0.283. The Bertz CT molecular complexity index is 34.7. The SMILES string of the molecule is O.O=C(O)O.[Ca+2].[Mg+2]. The number of hydrogen-bond donors (Lipinski definition) is 2. The molecular formula is CH4CaMgO4+4. The molecule has 4 N–H and O–H groups in total. The van der Waals surface area contributed by atoms with Gasteiger partial charge in [0.2, 0.25) is 0 Å². The second kappa shape index (κ2) is 15.7. The van der Waals surface area contributed by atoms with Gasteiger partial charge in [-0.25, -0.2) is 4.79 Å². The van der Waals surface area contributed by atoms with Gasteiger partial charge in [-0.2, -0.15) is 0 Å². The summed E-state index contributed by atoms with van der Waals surface area (Å²) in [6.45, 7) is 0. The molecule has 0 rings (SSSR count). The van der Waals surface area contributed by atoms with E-state index in [9.17, 15) is 0 Å². The van der Waals surface area contributed by atoms with E-state index >= 15 is 0 Å². The standard InChI is InChI=1S/CH2O3.Ca.Mg.H2O/c2-1(3)4;;;/h(H2,2,3,4);;;1H2/q;2*+2;. The molecule has 0 radical (unpaired) electrons. The summed E-state index contributed by atoms with van der Waals surface area (Å²) in [4.78, 5) is 8.56. The summed E-state index contributed by atoms with van der Waals surface area (Å²) in [5.41, 5.74) is 0. The topological polar surface area (TPSA) is 89.0 Å². The van der Waals surface area contributed by atoms with Gasteiger partial charge in [0.1, 0.15) is 0 Å². The summed E-state index contributed by atoms with van der Waals surface area (Å²) in [5, 5.41) is 13.9. The van der Waals surface area contributed by atoms with Crippen LogP contribution in [0.1, 0.15) is 0 Å². The molecule has 0 aliphatic heterocycles. The first-order valence-corrected chi connectivity index (χ1v) is 0.651. The normalized spacial score (nSPS) is 3.43. The molecule has 0 fully saturated rings. The maximum absolute atomic E-state index is 8.56. The molecule has 0 atom stereocenters. The Morgan fingerprint density at radius 1 is 1.29 bits per heavy atom. The number of rotatable bonds is 0. The smallest absolute Gasteiger partial charge is 0.450 e. The van der Waals surface area contributed by atoms with E-state index < -0.39 is 6.16 Å². The van der Waals surface area contributed by atoms with Gasteiger partial charge >= 0.3 is 66.9 Å². The fourth-order valence-electron chi connectivity index (χ4n) is 0. The Morgan fingerprint density at radius 3 is 1.29 bits per heavy atom. The molecular weight excluding hydrogens is 140 g/mol. The van der Waals surface area contributed by atoms with Crippen LogP contribution in [-0.4, -0.2) is 82.6 Å². The van der Waals surface area contributed by atoms with E-state index in [1.165, 1.54) is 0 Å². The maximum atomic E-state index is 8.56. The molecule has 0 unspecified atom stereocenters. The van der Waals surface area contributed by atoms with Crippen LogP contribution in [0.3, 0.4) is 0 Å². The zero-order valence-corrected chi connectivity index (χ0v) is 7.34. The van der Waals surface area contributed by atoms with Gasteiger partial charge in [-0.1, -0.05) is 0 Å². The number of carboxylic acid groups (broad SMARTS) is 2. The van der Waals surface area contributed by atoms with E-state index in [2.05, 4.69) is 0 Å². The molecule has 6 heteroatoms. The van der Waals surface area contributed by atoms with Crippen molar-refractivity contribution in [1.82, 2.24) is 0 Å². The average molecular weight is 144 g/mol. The molecule has 0 saturated heterocycles. The Labute approximate surface area is 86.4 Å². The van der Waals surface area contributed by atoms with Crippen molar-refractivity contribution in [2.45, 2.75) is 0 Å². The molecule has 0 aromatic rings. The molecule has 0 amide bonds. The van der Waals surface area contributed by atoms with E-state index in [1.807, 2.05) is 0 Å². The second-order valence-electron chi connectivity index (χ2n) is 0.283. The third kappa shape index (κ3) is 127. The summed E-state index contributed by atoms with van der Waals surface area (Å²) in [6.07, 6.45) is -1.83. The molecule has 7 heavy (non-hydrogen) atoms. The van der Waals surface area contributed by atoms with Crippen LogP contribution in [0, 0.1) is 0 Å². The van der Waals surface area contributed by atoms with Gasteiger partial charge in [0.05, 0.1) is 0 Å². The van der Waals surface area contributed by atoms with E-state index in [0.717, 1.165) is 0 Å². The average Bonchev–Trinajstić information content (AvgIpc) is 0.811. The van der Waals surface area contributed by atoms with Crippen molar-refractivity contribution in [3.8, 4) is 0 Å². The van der Waals surface area contributed by atoms with Crippen molar-refractivity contribution in [2.75, 3.05) is 0 Å². The van der Waals surface area contributed by atoms with E-state index in [-0.39, 0.29) is 66.3 Å². The molecule has 0 heterocycles. The molecule has 0 aromatic heterocycles. The van der Waals surface area contributed by atoms with Gasteiger partial charge < -0.3 is 15.7 Å². The summed E-state index contributed by atoms with van der Waals surface area (Å²) < 4.78 is 0. The van der Waals surface area contributed by atoms with Crippen LogP contribution in [0.4, 0.5) is 4.79 Å². The molecule has 0 aromatic carbocycles. The maximum Gasteiger partial charge on any atom is 2.00 e. The Morgan fingerprint density at radius 2 is 1.29 bits per heavy atom. The van der Waals surface area contributed by atoms with Gasteiger partial charge in [0, 0.05) is 0 Å². The largest absolute Gasteiger partial charge is 2.00 e. The third-order valence-corrected chi connectivity index (χ3v) is 0. The van der Waals surface area contributed by atoms with Crippen LogP contribution in [0.25, 0.3) is 0 Å². The van der Waals surface area contributed by atoms with Crippen LogP contribution >= 0.6 is 0 Å². The molecule has 0 bridgehead atoms. The first-order chi connectivity index (χ1) is 1.73. The van der Waals surface area contributed by atoms with Crippen LogP contribution in [0.2, 0.25) is 0 Å².